The Kier molecular flexibility index (Phi) is 6.91. The van der Waals surface area contributed by atoms with Crippen LogP contribution in [0.25, 0.3) is 0 Å². The van der Waals surface area contributed by atoms with Gasteiger partial charge in [0.1, 0.15) is 5.41 Å². The lowest BCUT2D eigenvalue weighted by Crippen LogP contribution is -2.45. The number of rotatable bonds is 6. The summed E-state index contributed by atoms with van der Waals surface area (Å²) in [6.07, 6.45) is 7.77. The number of anilines is 1. The zero-order chi connectivity index (χ0) is 18.4. The molecule has 2 N–H and O–H groups in total. The van der Waals surface area contributed by atoms with Gasteiger partial charge in [-0.3, -0.25) is 9.59 Å². The maximum atomic E-state index is 12.5. The van der Waals surface area contributed by atoms with Crippen LogP contribution >= 0.6 is 23.2 Å². The van der Waals surface area contributed by atoms with E-state index in [1.807, 2.05) is 0 Å². The molecule has 136 valence electrons. The molecule has 0 atom stereocenters. The van der Waals surface area contributed by atoms with Gasteiger partial charge in [-0.25, -0.2) is 0 Å². The summed E-state index contributed by atoms with van der Waals surface area (Å²) in [5.41, 5.74) is 0.476. The number of allylic oxidation sites excluding steroid dienone is 1. The van der Waals surface area contributed by atoms with Gasteiger partial charge in [0.2, 0.25) is 11.8 Å². The van der Waals surface area contributed by atoms with E-state index in [9.17, 15) is 9.59 Å². The number of nitrogens with one attached hydrogen (secondary N) is 2. The first-order valence-electron chi connectivity index (χ1n) is 8.54. The lowest BCUT2D eigenvalue weighted by atomic mass is 9.90. The summed E-state index contributed by atoms with van der Waals surface area (Å²) in [7, 11) is 0. The fourth-order valence-corrected chi connectivity index (χ4v) is 3.17. The molecule has 25 heavy (non-hydrogen) atoms. The smallest absolute Gasteiger partial charge is 0.239 e. The molecule has 1 aliphatic carbocycles. The molecule has 0 saturated heterocycles. The number of carbonyl (C=O) groups is 2. The minimum absolute atomic E-state index is 0.315. The third kappa shape index (κ3) is 5.23. The molecule has 1 aliphatic rings. The molecule has 6 heteroatoms. The van der Waals surface area contributed by atoms with Crippen molar-refractivity contribution in [3.05, 3.63) is 39.9 Å². The van der Waals surface area contributed by atoms with E-state index < -0.39 is 11.3 Å². The van der Waals surface area contributed by atoms with Crippen molar-refractivity contribution in [1.82, 2.24) is 5.32 Å². The van der Waals surface area contributed by atoms with Gasteiger partial charge in [-0.2, -0.15) is 0 Å². The highest BCUT2D eigenvalue weighted by molar-refractivity contribution is 6.40. The molecular formula is C19H24Cl2N2O2. The van der Waals surface area contributed by atoms with Crippen molar-refractivity contribution in [3.8, 4) is 0 Å². The molecule has 2 rings (SSSR count). The summed E-state index contributed by atoms with van der Waals surface area (Å²) in [4.78, 5) is 25.0. The van der Waals surface area contributed by atoms with Crippen LogP contribution in [0.4, 0.5) is 5.69 Å². The SMILES string of the molecule is CC(C)(C(=O)NCCC1=CCCCC1)C(=O)Nc1c(Cl)cccc1Cl. The highest BCUT2D eigenvalue weighted by Gasteiger charge is 2.36. The van der Waals surface area contributed by atoms with Gasteiger partial charge < -0.3 is 10.6 Å². The zero-order valence-corrected chi connectivity index (χ0v) is 16.1. The summed E-state index contributed by atoms with van der Waals surface area (Å²) in [6.45, 7) is 3.71. The second-order valence-corrected chi connectivity index (χ2v) is 7.60. The van der Waals surface area contributed by atoms with Crippen LogP contribution in [0, 0.1) is 5.41 Å². The summed E-state index contributed by atoms with van der Waals surface area (Å²) >= 11 is 12.1. The molecular weight excluding hydrogens is 359 g/mol. The minimum Gasteiger partial charge on any atom is -0.355 e. The van der Waals surface area contributed by atoms with E-state index in [4.69, 9.17) is 23.2 Å². The van der Waals surface area contributed by atoms with Crippen LogP contribution in [-0.4, -0.2) is 18.4 Å². The highest BCUT2D eigenvalue weighted by atomic mass is 35.5. The Bertz CT molecular complexity index is 664. The average Bonchev–Trinajstić information content (AvgIpc) is 2.58. The van der Waals surface area contributed by atoms with Crippen LogP contribution in [0.3, 0.4) is 0 Å². The first-order valence-corrected chi connectivity index (χ1v) is 9.29. The van der Waals surface area contributed by atoms with E-state index >= 15 is 0 Å². The quantitative estimate of drug-likeness (QED) is 0.539. The molecule has 0 fully saturated rings. The zero-order valence-electron chi connectivity index (χ0n) is 14.6. The molecule has 0 bridgehead atoms. The van der Waals surface area contributed by atoms with Gasteiger partial charge in [-0.05, 0) is 58.1 Å². The van der Waals surface area contributed by atoms with Gasteiger partial charge in [-0.15, -0.1) is 0 Å². The molecule has 0 aliphatic heterocycles. The monoisotopic (exact) mass is 382 g/mol. The van der Waals surface area contributed by atoms with Gasteiger partial charge in [0.15, 0.2) is 0 Å². The van der Waals surface area contributed by atoms with E-state index in [1.165, 1.54) is 18.4 Å². The predicted molar refractivity (Wildman–Crippen MR) is 103 cm³/mol. The normalized spacial score (nSPS) is 14.6. The van der Waals surface area contributed by atoms with Crippen molar-refractivity contribution < 1.29 is 9.59 Å². The number of hydrogen-bond acceptors (Lipinski definition) is 2. The van der Waals surface area contributed by atoms with E-state index in [-0.39, 0.29) is 5.91 Å². The predicted octanol–water partition coefficient (Wildman–Crippen LogP) is 4.96. The van der Waals surface area contributed by atoms with Crippen molar-refractivity contribution in [2.75, 3.05) is 11.9 Å². The Labute approximate surface area is 159 Å². The third-order valence-corrected chi connectivity index (χ3v) is 5.08. The van der Waals surface area contributed by atoms with Gasteiger partial charge in [-0.1, -0.05) is 40.9 Å². The van der Waals surface area contributed by atoms with Gasteiger partial charge in [0.05, 0.1) is 15.7 Å². The van der Waals surface area contributed by atoms with Crippen LogP contribution in [0.1, 0.15) is 46.0 Å². The molecule has 0 heterocycles. The number of halogens is 2. The van der Waals surface area contributed by atoms with Crippen LogP contribution < -0.4 is 10.6 Å². The summed E-state index contributed by atoms with van der Waals surface area (Å²) < 4.78 is 0. The minimum atomic E-state index is -1.23. The van der Waals surface area contributed by atoms with Gasteiger partial charge in [0, 0.05) is 6.54 Å². The lowest BCUT2D eigenvalue weighted by molar-refractivity contribution is -0.138. The molecule has 1 aromatic rings. The standard InChI is InChI=1S/C19H24Cl2N2O2/c1-19(2,17(24)22-12-11-13-7-4-3-5-8-13)18(25)23-16-14(20)9-6-10-15(16)21/h6-7,9-10H,3-5,8,11-12H2,1-2H3,(H,22,24)(H,23,25). The van der Waals surface area contributed by atoms with Crippen molar-refractivity contribution in [2.24, 2.45) is 5.41 Å². The van der Waals surface area contributed by atoms with Crippen molar-refractivity contribution in [2.45, 2.75) is 46.0 Å². The van der Waals surface area contributed by atoms with E-state index in [1.54, 1.807) is 32.0 Å². The maximum absolute atomic E-state index is 12.5. The maximum Gasteiger partial charge on any atom is 0.239 e. The Hall–Kier alpha value is -1.52. The number of para-hydroxylation sites is 1. The third-order valence-electron chi connectivity index (χ3n) is 4.45. The summed E-state index contributed by atoms with van der Waals surface area (Å²) in [5, 5.41) is 6.19. The van der Waals surface area contributed by atoms with E-state index in [2.05, 4.69) is 16.7 Å². The molecule has 1 aromatic carbocycles. The Morgan fingerprint density at radius 3 is 2.40 bits per heavy atom. The number of carbonyl (C=O) groups excluding carboxylic acids is 2. The van der Waals surface area contributed by atoms with Crippen molar-refractivity contribution in [1.29, 1.82) is 0 Å². The fraction of sp³-hybridized carbons (Fsp3) is 0.474. The van der Waals surface area contributed by atoms with Gasteiger partial charge in [0.25, 0.3) is 0 Å². The molecule has 2 amide bonds. The second-order valence-electron chi connectivity index (χ2n) is 6.79. The first kappa shape index (κ1) is 19.8. The Morgan fingerprint density at radius 1 is 1.12 bits per heavy atom. The Morgan fingerprint density at radius 2 is 1.80 bits per heavy atom. The van der Waals surface area contributed by atoms with Crippen LogP contribution in [-0.2, 0) is 9.59 Å². The van der Waals surface area contributed by atoms with Crippen molar-refractivity contribution in [3.63, 3.8) is 0 Å². The van der Waals surface area contributed by atoms with Crippen LogP contribution in [0.5, 0.6) is 0 Å². The van der Waals surface area contributed by atoms with Gasteiger partial charge >= 0.3 is 0 Å². The molecule has 0 radical (unpaired) electrons. The largest absolute Gasteiger partial charge is 0.355 e. The summed E-state index contributed by atoms with van der Waals surface area (Å²) in [5.74, 6) is -0.763. The fourth-order valence-electron chi connectivity index (χ4n) is 2.68. The molecule has 0 unspecified atom stereocenters. The summed E-state index contributed by atoms with van der Waals surface area (Å²) in [6, 6.07) is 4.96. The molecule has 0 spiro atoms. The molecule has 4 nitrogen and oxygen atoms in total. The number of hydrogen-bond donors (Lipinski definition) is 2. The molecule has 0 saturated carbocycles. The van der Waals surface area contributed by atoms with Crippen LogP contribution in [0.2, 0.25) is 10.0 Å². The van der Waals surface area contributed by atoms with Crippen LogP contribution in [0.15, 0.2) is 29.8 Å². The second kappa shape index (κ2) is 8.72. The van der Waals surface area contributed by atoms with E-state index in [0.29, 0.717) is 22.3 Å². The topological polar surface area (TPSA) is 58.2 Å². The average molecular weight is 383 g/mol. The number of amides is 2. The van der Waals surface area contributed by atoms with E-state index in [0.717, 1.165) is 19.3 Å². The highest BCUT2D eigenvalue weighted by Crippen LogP contribution is 2.31. The van der Waals surface area contributed by atoms with Crippen molar-refractivity contribution >= 4 is 40.7 Å². The Balaban J connectivity index is 1.93. The molecule has 0 aromatic heterocycles. The number of benzene rings is 1. The first-order chi connectivity index (χ1) is 11.8. The lowest BCUT2D eigenvalue weighted by Gasteiger charge is -2.23.